The third-order valence-electron chi connectivity index (χ3n) is 5.89. The molecule has 1 aliphatic carbocycles. The summed E-state index contributed by atoms with van der Waals surface area (Å²) in [5.41, 5.74) is 2.36. The molecule has 1 N–H and O–H groups in total. The summed E-state index contributed by atoms with van der Waals surface area (Å²) in [5, 5.41) is 3.08. The number of guanidine groups is 1. The second-order valence-corrected chi connectivity index (χ2v) is 8.63. The predicted octanol–water partition coefficient (Wildman–Crippen LogP) is 3.50. The Bertz CT molecular complexity index is 1200. The minimum atomic E-state index is -0.619. The monoisotopic (exact) mass is 453 g/mol. The second-order valence-electron chi connectivity index (χ2n) is 8.63. The fraction of sp³-hybridized carbons (Fsp3) is 0.391. The Balaban J connectivity index is 1.49. The topological polar surface area (TPSA) is 78.2 Å². The standard InChI is InChI=1S/C23H25F2N7O/c1-13-8-15-16(9-13)21(25)18(10-17(15)24)33-23-29-19(28-22-26-12-14(2)27-22)11-20(30-23)32-6-4-31(3)5-7-32/h9-11H,4-8,12H2,1-3H3,(H,26,28,29,30). The van der Waals surface area contributed by atoms with E-state index < -0.39 is 11.6 Å². The van der Waals surface area contributed by atoms with E-state index in [0.717, 1.165) is 43.5 Å². The molecule has 0 unspecified atom stereocenters. The van der Waals surface area contributed by atoms with Crippen molar-refractivity contribution < 1.29 is 13.5 Å². The molecule has 0 amide bonds. The maximum Gasteiger partial charge on any atom is 0.326 e. The number of hydrogen-bond acceptors (Lipinski definition) is 8. The van der Waals surface area contributed by atoms with Crippen LogP contribution in [0.2, 0.25) is 0 Å². The van der Waals surface area contributed by atoms with Gasteiger partial charge in [0.05, 0.1) is 6.54 Å². The lowest BCUT2D eigenvalue weighted by Crippen LogP contribution is -2.44. The number of piperazine rings is 1. The van der Waals surface area contributed by atoms with Crippen molar-refractivity contribution in [1.29, 1.82) is 0 Å². The number of allylic oxidation sites excluding steroid dienone is 1. The van der Waals surface area contributed by atoms with Gasteiger partial charge in [-0.1, -0.05) is 11.6 Å². The molecule has 0 saturated carbocycles. The molecule has 3 aliphatic rings. The van der Waals surface area contributed by atoms with Crippen molar-refractivity contribution >= 4 is 29.4 Å². The highest BCUT2D eigenvalue weighted by Crippen LogP contribution is 2.36. The fourth-order valence-corrected chi connectivity index (χ4v) is 4.08. The number of rotatable bonds is 4. The van der Waals surface area contributed by atoms with Gasteiger partial charge in [0.25, 0.3) is 0 Å². The Kier molecular flexibility index (Phi) is 5.53. The van der Waals surface area contributed by atoms with E-state index in [-0.39, 0.29) is 17.3 Å². The zero-order valence-corrected chi connectivity index (χ0v) is 18.8. The van der Waals surface area contributed by atoms with Crippen LogP contribution in [0.4, 0.5) is 20.4 Å². The van der Waals surface area contributed by atoms with E-state index in [2.05, 4.69) is 42.1 Å². The largest absolute Gasteiger partial charge is 0.421 e. The molecule has 1 saturated heterocycles. The third kappa shape index (κ3) is 4.43. The van der Waals surface area contributed by atoms with E-state index in [1.165, 1.54) is 0 Å². The van der Waals surface area contributed by atoms with Crippen LogP contribution in [0.5, 0.6) is 11.8 Å². The average molecular weight is 453 g/mol. The molecule has 172 valence electrons. The van der Waals surface area contributed by atoms with Crippen molar-refractivity contribution in [3.8, 4) is 11.8 Å². The molecule has 1 fully saturated rings. The lowest BCUT2D eigenvalue weighted by Gasteiger charge is -2.33. The molecule has 1 aromatic heterocycles. The SMILES string of the molecule is CC1=Cc2c(F)c(Oc3nc(NC4=NCC(C)=N4)cc(N4CCN(C)CC4)n3)cc(F)c2C1. The summed E-state index contributed by atoms with van der Waals surface area (Å²) in [5.74, 6) is 0.124. The van der Waals surface area contributed by atoms with E-state index >= 15 is 4.39 Å². The van der Waals surface area contributed by atoms with Crippen molar-refractivity contribution in [2.24, 2.45) is 9.98 Å². The molecule has 0 spiro atoms. The Morgan fingerprint density at radius 1 is 1.06 bits per heavy atom. The van der Waals surface area contributed by atoms with E-state index in [1.54, 1.807) is 12.1 Å². The molecular weight excluding hydrogens is 428 g/mol. The van der Waals surface area contributed by atoms with Crippen molar-refractivity contribution in [2.45, 2.75) is 20.3 Å². The van der Waals surface area contributed by atoms with E-state index in [0.29, 0.717) is 36.1 Å². The van der Waals surface area contributed by atoms with Gasteiger partial charge in [-0.3, -0.25) is 0 Å². The van der Waals surface area contributed by atoms with Gasteiger partial charge in [-0.15, -0.1) is 0 Å². The van der Waals surface area contributed by atoms with Gasteiger partial charge in [-0.05, 0) is 27.3 Å². The predicted molar refractivity (Wildman–Crippen MR) is 125 cm³/mol. The fourth-order valence-electron chi connectivity index (χ4n) is 4.08. The molecule has 3 heterocycles. The number of nitrogens with zero attached hydrogens (tertiary/aromatic N) is 6. The normalized spacial score (nSPS) is 18.1. The molecule has 0 radical (unpaired) electrons. The molecule has 0 atom stereocenters. The first-order valence-corrected chi connectivity index (χ1v) is 10.9. The Hall–Kier alpha value is -3.40. The first-order valence-electron chi connectivity index (χ1n) is 10.9. The number of ether oxygens (including phenoxy) is 1. The summed E-state index contributed by atoms with van der Waals surface area (Å²) < 4.78 is 35.5. The number of anilines is 2. The second kappa shape index (κ2) is 8.51. The summed E-state index contributed by atoms with van der Waals surface area (Å²) in [6.07, 6.45) is 2.04. The summed E-state index contributed by atoms with van der Waals surface area (Å²) in [4.78, 5) is 21.9. The number of hydrogen-bond donors (Lipinski definition) is 1. The van der Waals surface area contributed by atoms with E-state index in [1.807, 2.05) is 13.8 Å². The number of aromatic nitrogens is 2. The molecule has 2 aliphatic heterocycles. The number of halogens is 2. The van der Waals surface area contributed by atoms with Gasteiger partial charge in [-0.25, -0.2) is 18.8 Å². The molecule has 5 rings (SSSR count). The van der Waals surface area contributed by atoms with Gasteiger partial charge < -0.3 is 19.9 Å². The van der Waals surface area contributed by atoms with E-state index in [9.17, 15) is 4.39 Å². The molecule has 2 aromatic rings. The van der Waals surface area contributed by atoms with Crippen LogP contribution in [0, 0.1) is 11.6 Å². The first kappa shape index (κ1) is 21.4. The van der Waals surface area contributed by atoms with Crippen LogP contribution in [-0.2, 0) is 6.42 Å². The first-order chi connectivity index (χ1) is 15.9. The van der Waals surface area contributed by atoms with Crippen LogP contribution in [0.3, 0.4) is 0 Å². The van der Waals surface area contributed by atoms with Crippen molar-refractivity contribution in [3.63, 3.8) is 0 Å². The van der Waals surface area contributed by atoms with Crippen LogP contribution in [0.15, 0.2) is 27.7 Å². The molecular formula is C23H25F2N7O. The summed E-state index contributed by atoms with van der Waals surface area (Å²) >= 11 is 0. The quantitative estimate of drug-likeness (QED) is 0.764. The Morgan fingerprint density at radius 2 is 1.85 bits per heavy atom. The van der Waals surface area contributed by atoms with Crippen molar-refractivity contribution in [2.75, 3.05) is 50.0 Å². The van der Waals surface area contributed by atoms with Gasteiger partial charge in [0.15, 0.2) is 11.6 Å². The Labute approximate surface area is 190 Å². The van der Waals surface area contributed by atoms with Crippen LogP contribution in [-0.4, -0.2) is 66.3 Å². The lowest BCUT2D eigenvalue weighted by atomic mass is 10.1. The third-order valence-corrected chi connectivity index (χ3v) is 5.89. The van der Waals surface area contributed by atoms with Crippen LogP contribution in [0.1, 0.15) is 25.0 Å². The van der Waals surface area contributed by atoms with Gasteiger partial charge in [0.2, 0.25) is 5.96 Å². The van der Waals surface area contributed by atoms with Gasteiger partial charge in [-0.2, -0.15) is 9.97 Å². The molecule has 1 aromatic carbocycles. The van der Waals surface area contributed by atoms with Crippen LogP contribution in [0.25, 0.3) is 6.08 Å². The molecule has 10 heteroatoms. The lowest BCUT2D eigenvalue weighted by molar-refractivity contribution is 0.311. The molecule has 0 bridgehead atoms. The minimum absolute atomic E-state index is 0.0785. The summed E-state index contributed by atoms with van der Waals surface area (Å²) in [6, 6.07) is 2.77. The summed E-state index contributed by atoms with van der Waals surface area (Å²) in [6.45, 7) is 7.58. The molecule has 33 heavy (non-hydrogen) atoms. The number of fused-ring (bicyclic) bond motifs is 1. The van der Waals surface area contributed by atoms with Crippen molar-refractivity contribution in [3.05, 3.63) is 40.5 Å². The minimum Gasteiger partial charge on any atom is -0.421 e. The van der Waals surface area contributed by atoms with Gasteiger partial charge >= 0.3 is 6.01 Å². The molecule has 8 nitrogen and oxygen atoms in total. The zero-order valence-electron chi connectivity index (χ0n) is 18.8. The number of likely N-dealkylation sites (N-methyl/N-ethyl adjacent to an activating group) is 1. The Morgan fingerprint density at radius 3 is 2.58 bits per heavy atom. The van der Waals surface area contributed by atoms with Crippen molar-refractivity contribution in [1.82, 2.24) is 14.9 Å². The maximum atomic E-state index is 15.1. The summed E-state index contributed by atoms with van der Waals surface area (Å²) in [7, 11) is 2.07. The zero-order chi connectivity index (χ0) is 23.1. The average Bonchev–Trinajstić information content (AvgIpc) is 3.37. The highest BCUT2D eigenvalue weighted by atomic mass is 19.1. The highest BCUT2D eigenvalue weighted by molar-refractivity contribution is 6.07. The smallest absolute Gasteiger partial charge is 0.326 e. The van der Waals surface area contributed by atoms with Gasteiger partial charge in [0, 0.05) is 55.2 Å². The maximum absolute atomic E-state index is 15.1. The van der Waals surface area contributed by atoms with Crippen LogP contribution >= 0.6 is 0 Å². The highest BCUT2D eigenvalue weighted by Gasteiger charge is 2.24. The van der Waals surface area contributed by atoms with Crippen LogP contribution < -0.4 is 15.0 Å². The van der Waals surface area contributed by atoms with E-state index in [4.69, 9.17) is 4.74 Å². The number of nitrogens with one attached hydrogen (secondary N) is 1. The number of aliphatic imine (C=N–C) groups is 2. The van der Waals surface area contributed by atoms with Gasteiger partial charge in [0.1, 0.15) is 17.5 Å². The number of benzene rings is 1.